The molecule has 1 aromatic rings. The predicted molar refractivity (Wildman–Crippen MR) is 117 cm³/mol. The van der Waals surface area contributed by atoms with E-state index in [1.165, 1.54) is 57.4 Å². The summed E-state index contributed by atoms with van der Waals surface area (Å²) in [6.45, 7) is 4.70. The Morgan fingerprint density at radius 3 is 2.19 bits per heavy atom. The van der Waals surface area contributed by atoms with Crippen molar-refractivity contribution in [2.24, 2.45) is 23.7 Å². The van der Waals surface area contributed by atoms with E-state index in [1.807, 2.05) is 0 Å². The molecule has 0 aliphatic heterocycles. The van der Waals surface area contributed by atoms with Crippen molar-refractivity contribution in [1.29, 1.82) is 0 Å². The Labute approximate surface area is 184 Å². The zero-order valence-corrected chi connectivity index (χ0v) is 19.0. The Morgan fingerprint density at radius 2 is 1.61 bits per heavy atom. The van der Waals surface area contributed by atoms with Gasteiger partial charge in [0.1, 0.15) is 0 Å². The third kappa shape index (κ3) is 7.39. The number of unbranched alkanes of at least 4 members (excludes halogenated alkanes) is 1. The molecular weight excluding hydrogens is 404 g/mol. The molecule has 1 aromatic carbocycles. The van der Waals surface area contributed by atoms with E-state index in [1.54, 1.807) is 6.07 Å². The Kier molecular flexibility index (Phi) is 8.69. The lowest BCUT2D eigenvalue weighted by molar-refractivity contribution is -0.275. The fourth-order valence-electron chi connectivity index (χ4n) is 5.97. The van der Waals surface area contributed by atoms with Crippen molar-refractivity contribution in [2.75, 3.05) is 0 Å². The molecule has 2 aliphatic rings. The van der Waals surface area contributed by atoms with Crippen LogP contribution in [-0.4, -0.2) is 6.36 Å². The minimum absolute atomic E-state index is 0.231. The van der Waals surface area contributed by atoms with Gasteiger partial charge in [0.2, 0.25) is 0 Å². The monoisotopic (exact) mass is 442 g/mol. The summed E-state index contributed by atoms with van der Waals surface area (Å²) in [6.07, 6.45) is 10.3. The normalized spacial score (nSPS) is 28.3. The van der Waals surface area contributed by atoms with Gasteiger partial charge in [-0.25, -0.2) is 4.39 Å². The van der Waals surface area contributed by atoms with E-state index >= 15 is 0 Å². The largest absolute Gasteiger partial charge is 0.573 e. The summed E-state index contributed by atoms with van der Waals surface area (Å²) in [5, 5.41) is 0. The van der Waals surface area contributed by atoms with Crippen LogP contribution in [0.25, 0.3) is 0 Å². The van der Waals surface area contributed by atoms with E-state index in [0.29, 0.717) is 0 Å². The number of alkyl halides is 3. The van der Waals surface area contributed by atoms with Crippen LogP contribution in [0.15, 0.2) is 18.2 Å². The molecule has 1 atom stereocenters. The Morgan fingerprint density at radius 1 is 0.968 bits per heavy atom. The molecule has 3 rings (SSSR count). The average molecular weight is 443 g/mol. The second-order valence-electron chi connectivity index (χ2n) is 10.1. The van der Waals surface area contributed by atoms with Crippen molar-refractivity contribution in [3.05, 3.63) is 29.6 Å². The van der Waals surface area contributed by atoms with Crippen LogP contribution in [0.3, 0.4) is 0 Å². The minimum atomic E-state index is -4.87. The lowest BCUT2D eigenvalue weighted by Crippen LogP contribution is -2.23. The second kappa shape index (κ2) is 11.0. The number of ether oxygens (including phenoxy) is 1. The first-order valence-corrected chi connectivity index (χ1v) is 12.3. The van der Waals surface area contributed by atoms with Gasteiger partial charge < -0.3 is 4.74 Å². The van der Waals surface area contributed by atoms with Gasteiger partial charge in [-0.2, -0.15) is 0 Å². The van der Waals surface area contributed by atoms with E-state index in [4.69, 9.17) is 0 Å². The molecule has 0 aromatic heterocycles. The quantitative estimate of drug-likeness (QED) is 0.365. The van der Waals surface area contributed by atoms with E-state index in [2.05, 4.69) is 18.6 Å². The molecule has 2 fully saturated rings. The highest BCUT2D eigenvalue weighted by atomic mass is 19.4. The summed E-state index contributed by atoms with van der Waals surface area (Å²) in [5.74, 6) is 1.86. The highest BCUT2D eigenvalue weighted by Gasteiger charge is 2.33. The van der Waals surface area contributed by atoms with Gasteiger partial charge in [0.25, 0.3) is 0 Å². The topological polar surface area (TPSA) is 9.23 Å². The standard InChI is InChI=1S/C26H38F4O/c1-3-4-5-19-6-10-21(11-7-19)18(2)16-20-8-12-22(13-9-20)23-14-15-25(24(27)17-23)31-26(28,29)30/h14-15,17-22H,3-13,16H2,1-2H3. The Balaban J connectivity index is 1.43. The molecule has 31 heavy (non-hydrogen) atoms. The number of benzene rings is 1. The zero-order valence-electron chi connectivity index (χ0n) is 19.0. The number of rotatable bonds is 8. The SMILES string of the molecule is CCCCC1CCC(C(C)CC2CCC(c3ccc(OC(F)(F)F)c(F)c3)CC2)CC1. The van der Waals surface area contributed by atoms with Crippen molar-refractivity contribution in [3.63, 3.8) is 0 Å². The maximum atomic E-state index is 14.1. The van der Waals surface area contributed by atoms with Crippen molar-refractivity contribution < 1.29 is 22.3 Å². The van der Waals surface area contributed by atoms with E-state index < -0.39 is 17.9 Å². The van der Waals surface area contributed by atoms with Gasteiger partial charge in [-0.1, -0.05) is 52.0 Å². The fraction of sp³-hybridized carbons (Fsp3) is 0.769. The maximum Gasteiger partial charge on any atom is 0.573 e. The predicted octanol–water partition coefficient (Wildman–Crippen LogP) is 9.02. The van der Waals surface area contributed by atoms with Crippen LogP contribution < -0.4 is 4.74 Å². The van der Waals surface area contributed by atoms with Gasteiger partial charge in [0.05, 0.1) is 0 Å². The second-order valence-corrected chi connectivity index (χ2v) is 10.1. The van der Waals surface area contributed by atoms with Crippen LogP contribution in [-0.2, 0) is 0 Å². The number of hydrogen-bond acceptors (Lipinski definition) is 1. The molecule has 0 N–H and O–H groups in total. The maximum absolute atomic E-state index is 14.1. The van der Waals surface area contributed by atoms with Crippen LogP contribution in [0.1, 0.15) is 102 Å². The first-order chi connectivity index (χ1) is 14.7. The summed E-state index contributed by atoms with van der Waals surface area (Å²) in [6, 6.07) is 3.93. The number of halogens is 4. The molecule has 1 unspecified atom stereocenters. The summed E-state index contributed by atoms with van der Waals surface area (Å²) < 4.78 is 54.8. The van der Waals surface area contributed by atoms with E-state index in [-0.39, 0.29) is 5.92 Å². The highest BCUT2D eigenvalue weighted by molar-refractivity contribution is 5.31. The van der Waals surface area contributed by atoms with Gasteiger partial charge in [-0.15, -0.1) is 13.2 Å². The average Bonchev–Trinajstić information content (AvgIpc) is 2.74. The van der Waals surface area contributed by atoms with Crippen LogP contribution in [0.2, 0.25) is 0 Å². The Bertz CT molecular complexity index is 670. The lowest BCUT2D eigenvalue weighted by atomic mass is 9.70. The van der Waals surface area contributed by atoms with Gasteiger partial charge in [0, 0.05) is 0 Å². The van der Waals surface area contributed by atoms with Crippen LogP contribution in [0.4, 0.5) is 17.6 Å². The molecule has 5 heteroatoms. The van der Waals surface area contributed by atoms with Crippen LogP contribution in [0.5, 0.6) is 5.75 Å². The first kappa shape index (κ1) is 24.4. The molecule has 176 valence electrons. The third-order valence-corrected chi connectivity index (χ3v) is 7.87. The smallest absolute Gasteiger partial charge is 0.403 e. The van der Waals surface area contributed by atoms with Crippen molar-refractivity contribution in [3.8, 4) is 5.75 Å². The third-order valence-electron chi connectivity index (χ3n) is 7.87. The van der Waals surface area contributed by atoms with Gasteiger partial charge in [-0.05, 0) is 92.2 Å². The van der Waals surface area contributed by atoms with Gasteiger partial charge in [0.15, 0.2) is 11.6 Å². The minimum Gasteiger partial charge on any atom is -0.403 e. The summed E-state index contributed by atoms with van der Waals surface area (Å²) in [5.41, 5.74) is 0.795. The fourth-order valence-corrected chi connectivity index (χ4v) is 5.97. The van der Waals surface area contributed by atoms with Crippen LogP contribution >= 0.6 is 0 Å². The molecule has 0 amide bonds. The summed E-state index contributed by atoms with van der Waals surface area (Å²) in [7, 11) is 0. The molecule has 0 radical (unpaired) electrons. The van der Waals surface area contributed by atoms with Crippen LogP contribution in [0, 0.1) is 29.5 Å². The summed E-state index contributed by atoms with van der Waals surface area (Å²) in [4.78, 5) is 0. The lowest BCUT2D eigenvalue weighted by Gasteiger charge is -2.36. The van der Waals surface area contributed by atoms with Crippen molar-refractivity contribution in [2.45, 2.75) is 103 Å². The van der Waals surface area contributed by atoms with Gasteiger partial charge in [-0.3, -0.25) is 0 Å². The molecule has 2 aliphatic carbocycles. The van der Waals surface area contributed by atoms with E-state index in [9.17, 15) is 17.6 Å². The molecule has 0 heterocycles. The molecule has 0 bridgehead atoms. The summed E-state index contributed by atoms with van der Waals surface area (Å²) >= 11 is 0. The first-order valence-electron chi connectivity index (χ1n) is 12.3. The molecular formula is C26H38F4O. The molecule has 0 spiro atoms. The molecule has 1 nitrogen and oxygen atoms in total. The number of hydrogen-bond donors (Lipinski definition) is 0. The van der Waals surface area contributed by atoms with Gasteiger partial charge >= 0.3 is 6.36 Å². The highest BCUT2D eigenvalue weighted by Crippen LogP contribution is 2.43. The van der Waals surface area contributed by atoms with E-state index in [0.717, 1.165) is 61.0 Å². The Hall–Kier alpha value is -1.26. The zero-order chi connectivity index (χ0) is 22.4. The van der Waals surface area contributed by atoms with Crippen molar-refractivity contribution in [1.82, 2.24) is 0 Å². The molecule has 2 saturated carbocycles. The van der Waals surface area contributed by atoms with Crippen molar-refractivity contribution >= 4 is 0 Å². The molecule has 0 saturated heterocycles.